The van der Waals surface area contributed by atoms with Crippen LogP contribution in [0.15, 0.2) is 82.8 Å². The molecule has 3 N–H and O–H groups in total. The van der Waals surface area contributed by atoms with Gasteiger partial charge in [-0.25, -0.2) is 18.6 Å². The van der Waals surface area contributed by atoms with Crippen LogP contribution in [0.4, 0.5) is 0 Å². The highest BCUT2D eigenvalue weighted by atomic mass is 32.2. The lowest BCUT2D eigenvalue weighted by atomic mass is 10.0. The molecule has 3 aromatic carbocycles. The molecule has 0 aliphatic carbocycles. The van der Waals surface area contributed by atoms with E-state index >= 15 is 0 Å². The number of carbonyl (C=O) groups excluding carboxylic acids is 1. The van der Waals surface area contributed by atoms with Gasteiger partial charge < -0.3 is 9.84 Å². The Kier molecular flexibility index (Phi) is 7.81. The molecule has 0 radical (unpaired) electrons. The summed E-state index contributed by atoms with van der Waals surface area (Å²) in [4.78, 5) is 12.7. The number of ether oxygens (including phenoxy) is 1. The summed E-state index contributed by atoms with van der Waals surface area (Å²) in [6, 6.07) is 19.2. The Labute approximate surface area is 193 Å². The normalized spacial score (nSPS) is 12.4. The predicted octanol–water partition coefficient (Wildman–Crippen LogP) is 3.27. The second-order valence-electron chi connectivity index (χ2n) is 7.33. The van der Waals surface area contributed by atoms with Gasteiger partial charge in [-0.3, -0.25) is 4.79 Å². The van der Waals surface area contributed by atoms with E-state index in [1.807, 2.05) is 13.0 Å². The number of hydrogen-bond acceptors (Lipinski definition) is 6. The van der Waals surface area contributed by atoms with Crippen molar-refractivity contribution in [3.8, 4) is 11.5 Å². The summed E-state index contributed by atoms with van der Waals surface area (Å²) in [6.07, 6.45) is 1.24. The fourth-order valence-electron chi connectivity index (χ4n) is 3.07. The first-order valence-electron chi connectivity index (χ1n) is 10.1. The van der Waals surface area contributed by atoms with Crippen molar-refractivity contribution in [1.29, 1.82) is 0 Å². The smallest absolute Gasteiger partial charge is 0.242 e. The number of carbonyl (C=O) groups is 1. The van der Waals surface area contributed by atoms with Crippen LogP contribution in [-0.2, 0) is 14.8 Å². The Morgan fingerprint density at radius 3 is 2.45 bits per heavy atom. The van der Waals surface area contributed by atoms with Crippen LogP contribution in [0.5, 0.6) is 11.5 Å². The van der Waals surface area contributed by atoms with Crippen molar-refractivity contribution in [3.05, 3.63) is 89.5 Å². The first-order valence-corrected chi connectivity index (χ1v) is 11.6. The van der Waals surface area contributed by atoms with Gasteiger partial charge in [-0.05, 0) is 48.4 Å². The molecule has 0 fully saturated rings. The number of hydrazone groups is 1. The average Bonchev–Trinajstić information content (AvgIpc) is 2.80. The van der Waals surface area contributed by atoms with Gasteiger partial charge in [-0.2, -0.15) is 5.10 Å². The van der Waals surface area contributed by atoms with Crippen molar-refractivity contribution in [1.82, 2.24) is 10.1 Å². The fraction of sp³-hybridized carbons (Fsp3) is 0.167. The van der Waals surface area contributed by atoms with Crippen LogP contribution in [0.1, 0.15) is 29.2 Å². The molecule has 0 spiro atoms. The monoisotopic (exact) mass is 467 g/mol. The van der Waals surface area contributed by atoms with Crippen molar-refractivity contribution >= 4 is 22.1 Å². The van der Waals surface area contributed by atoms with Gasteiger partial charge >= 0.3 is 0 Å². The van der Waals surface area contributed by atoms with E-state index in [0.717, 1.165) is 5.56 Å². The lowest BCUT2D eigenvalue weighted by Gasteiger charge is -2.18. The molecule has 0 aromatic heterocycles. The van der Waals surface area contributed by atoms with Crippen molar-refractivity contribution < 1.29 is 23.1 Å². The Hall–Kier alpha value is -3.69. The van der Waals surface area contributed by atoms with Gasteiger partial charge in [0.15, 0.2) is 11.5 Å². The van der Waals surface area contributed by atoms with Gasteiger partial charge in [-0.1, -0.05) is 48.0 Å². The molecule has 0 heterocycles. The van der Waals surface area contributed by atoms with E-state index in [1.54, 1.807) is 48.5 Å². The SMILES string of the molecule is COc1cc(/C=N\NC(=O)C[C@H](NS(=O)(=O)c2ccc(C)cc2)c2ccccc2)ccc1O. The van der Waals surface area contributed by atoms with Crippen LogP contribution in [0.3, 0.4) is 0 Å². The van der Waals surface area contributed by atoms with E-state index in [2.05, 4.69) is 15.2 Å². The highest BCUT2D eigenvalue weighted by Gasteiger charge is 2.23. The van der Waals surface area contributed by atoms with E-state index in [0.29, 0.717) is 11.1 Å². The number of sulfonamides is 1. The van der Waals surface area contributed by atoms with Gasteiger partial charge in [-0.15, -0.1) is 0 Å². The maximum atomic E-state index is 12.9. The number of nitrogens with zero attached hydrogens (tertiary/aromatic N) is 1. The zero-order valence-electron chi connectivity index (χ0n) is 18.2. The molecule has 3 aromatic rings. The largest absolute Gasteiger partial charge is 0.504 e. The van der Waals surface area contributed by atoms with Crippen LogP contribution in [0.2, 0.25) is 0 Å². The molecule has 1 amide bonds. The average molecular weight is 468 g/mol. The number of phenolic OH excluding ortho intramolecular Hbond substituents is 1. The summed E-state index contributed by atoms with van der Waals surface area (Å²) in [5.41, 5.74) is 4.60. The van der Waals surface area contributed by atoms with Crippen LogP contribution in [-0.4, -0.2) is 32.8 Å². The second kappa shape index (κ2) is 10.8. The fourth-order valence-corrected chi connectivity index (χ4v) is 4.29. The van der Waals surface area contributed by atoms with Crippen molar-refractivity contribution in [3.63, 3.8) is 0 Å². The Balaban J connectivity index is 1.72. The Bertz CT molecular complexity index is 1230. The second-order valence-corrected chi connectivity index (χ2v) is 9.04. The number of amides is 1. The molecule has 0 unspecified atom stereocenters. The third kappa shape index (κ3) is 6.64. The summed E-state index contributed by atoms with van der Waals surface area (Å²) < 4.78 is 33.4. The minimum atomic E-state index is -3.85. The summed E-state index contributed by atoms with van der Waals surface area (Å²) >= 11 is 0. The van der Waals surface area contributed by atoms with Gasteiger partial charge in [0.05, 0.1) is 24.3 Å². The van der Waals surface area contributed by atoms with Crippen molar-refractivity contribution in [2.75, 3.05) is 7.11 Å². The molecule has 0 bridgehead atoms. The number of nitrogens with one attached hydrogen (secondary N) is 2. The molecular weight excluding hydrogens is 442 g/mol. The third-order valence-electron chi connectivity index (χ3n) is 4.83. The molecule has 1 atom stereocenters. The summed E-state index contributed by atoms with van der Waals surface area (Å²) in [6.45, 7) is 1.87. The van der Waals surface area contributed by atoms with Crippen LogP contribution < -0.4 is 14.9 Å². The zero-order valence-corrected chi connectivity index (χ0v) is 19.0. The van der Waals surface area contributed by atoms with Gasteiger partial charge in [0.2, 0.25) is 15.9 Å². The maximum absolute atomic E-state index is 12.9. The van der Waals surface area contributed by atoms with E-state index < -0.39 is 22.0 Å². The van der Waals surface area contributed by atoms with Gasteiger partial charge in [0.25, 0.3) is 0 Å². The number of methoxy groups -OCH3 is 1. The van der Waals surface area contributed by atoms with Crippen LogP contribution >= 0.6 is 0 Å². The lowest BCUT2D eigenvalue weighted by Crippen LogP contribution is -2.32. The van der Waals surface area contributed by atoms with E-state index in [9.17, 15) is 18.3 Å². The minimum Gasteiger partial charge on any atom is -0.504 e. The van der Waals surface area contributed by atoms with Crippen molar-refractivity contribution in [2.24, 2.45) is 5.10 Å². The molecule has 3 rings (SSSR count). The highest BCUT2D eigenvalue weighted by molar-refractivity contribution is 7.89. The summed E-state index contributed by atoms with van der Waals surface area (Å²) in [5.74, 6) is -0.206. The number of phenols is 1. The van der Waals surface area contributed by atoms with E-state index in [4.69, 9.17) is 4.74 Å². The molecular formula is C24H25N3O5S. The zero-order chi connectivity index (χ0) is 23.8. The molecule has 0 aliphatic rings. The minimum absolute atomic E-state index is 0.00903. The molecule has 0 saturated heterocycles. The third-order valence-corrected chi connectivity index (χ3v) is 6.31. The number of rotatable bonds is 9. The Morgan fingerprint density at radius 1 is 1.09 bits per heavy atom. The number of benzene rings is 3. The van der Waals surface area contributed by atoms with Gasteiger partial charge in [0, 0.05) is 6.42 Å². The maximum Gasteiger partial charge on any atom is 0.242 e. The number of aryl methyl sites for hydroxylation is 1. The van der Waals surface area contributed by atoms with Crippen LogP contribution in [0, 0.1) is 6.92 Å². The highest BCUT2D eigenvalue weighted by Crippen LogP contribution is 2.25. The molecule has 9 heteroatoms. The molecule has 172 valence electrons. The topological polar surface area (TPSA) is 117 Å². The summed E-state index contributed by atoms with van der Waals surface area (Å²) in [5, 5.41) is 13.6. The van der Waals surface area contributed by atoms with E-state index in [-0.39, 0.29) is 22.8 Å². The molecule has 33 heavy (non-hydrogen) atoms. The lowest BCUT2D eigenvalue weighted by molar-refractivity contribution is -0.121. The standard InChI is InChI=1S/C24H25N3O5S/c1-17-8-11-20(12-9-17)33(30,31)27-21(19-6-4-3-5-7-19)15-24(29)26-25-16-18-10-13-22(28)23(14-18)32-2/h3-14,16,21,27-28H,15H2,1-2H3,(H,26,29)/b25-16-/t21-/m0/s1. The first-order chi connectivity index (χ1) is 15.8. The molecule has 0 aliphatic heterocycles. The molecule has 0 saturated carbocycles. The van der Waals surface area contributed by atoms with Crippen molar-refractivity contribution in [2.45, 2.75) is 24.3 Å². The van der Waals surface area contributed by atoms with E-state index in [1.165, 1.54) is 31.5 Å². The summed E-state index contributed by atoms with van der Waals surface area (Å²) in [7, 11) is -2.42. The quantitative estimate of drug-likeness (QED) is 0.330. The first kappa shape index (κ1) is 24.0. The molecule has 8 nitrogen and oxygen atoms in total. The van der Waals surface area contributed by atoms with Crippen LogP contribution in [0.25, 0.3) is 0 Å². The number of aromatic hydroxyl groups is 1. The predicted molar refractivity (Wildman–Crippen MR) is 126 cm³/mol. The Morgan fingerprint density at radius 2 is 1.79 bits per heavy atom. The van der Waals surface area contributed by atoms with Gasteiger partial charge in [0.1, 0.15) is 0 Å². The number of hydrogen-bond donors (Lipinski definition) is 3.